The van der Waals surface area contributed by atoms with Crippen molar-refractivity contribution in [3.63, 3.8) is 0 Å². The van der Waals surface area contributed by atoms with E-state index in [2.05, 4.69) is 0 Å². The van der Waals surface area contributed by atoms with Crippen molar-refractivity contribution in [1.29, 1.82) is 0 Å². The zero-order valence-electron chi connectivity index (χ0n) is 14.2. The molecule has 1 aromatic carbocycles. The van der Waals surface area contributed by atoms with Crippen molar-refractivity contribution < 1.29 is 13.6 Å². The van der Waals surface area contributed by atoms with Crippen LogP contribution in [0.25, 0.3) is 0 Å². The van der Waals surface area contributed by atoms with Crippen LogP contribution in [-0.4, -0.2) is 36.5 Å². The molecule has 0 aliphatic heterocycles. The van der Waals surface area contributed by atoms with Gasteiger partial charge in [-0.2, -0.15) is 0 Å². The van der Waals surface area contributed by atoms with Crippen molar-refractivity contribution in [2.24, 2.45) is 17.4 Å². The molecule has 0 bridgehead atoms. The highest BCUT2D eigenvalue weighted by Gasteiger charge is 2.29. The second-order valence-electron chi connectivity index (χ2n) is 6.72. The Labute approximate surface area is 142 Å². The van der Waals surface area contributed by atoms with Crippen molar-refractivity contribution in [2.45, 2.75) is 50.6 Å². The number of hydrogen-bond acceptors (Lipinski definition) is 3. The molecular formula is C18H27F2N3O. The van der Waals surface area contributed by atoms with E-state index in [1.54, 1.807) is 4.90 Å². The van der Waals surface area contributed by atoms with Crippen LogP contribution in [0.3, 0.4) is 0 Å². The Morgan fingerprint density at radius 2 is 1.96 bits per heavy atom. The minimum Gasteiger partial charge on any atom is -0.343 e. The highest BCUT2D eigenvalue weighted by molar-refractivity contribution is 5.76. The fraction of sp³-hybridized carbons (Fsp3) is 0.611. The molecule has 1 amide bonds. The molecule has 6 heteroatoms. The average Bonchev–Trinajstić information content (AvgIpc) is 2.57. The molecule has 1 aliphatic rings. The first-order chi connectivity index (χ1) is 11.4. The van der Waals surface area contributed by atoms with Gasteiger partial charge in [0.25, 0.3) is 0 Å². The highest BCUT2D eigenvalue weighted by atomic mass is 19.1. The third-order valence-electron chi connectivity index (χ3n) is 5.11. The summed E-state index contributed by atoms with van der Waals surface area (Å²) in [6.07, 6.45) is 4.26. The fourth-order valence-corrected chi connectivity index (χ4v) is 3.54. The molecule has 0 aromatic heterocycles. The van der Waals surface area contributed by atoms with Gasteiger partial charge >= 0.3 is 0 Å². The molecule has 0 saturated heterocycles. The molecule has 2 rings (SSSR count). The number of amides is 1. The summed E-state index contributed by atoms with van der Waals surface area (Å²) in [6.45, 7) is 0.364. The maximum Gasteiger partial charge on any atom is 0.223 e. The molecule has 0 heterocycles. The number of rotatable bonds is 6. The van der Waals surface area contributed by atoms with E-state index in [1.807, 2.05) is 7.05 Å². The summed E-state index contributed by atoms with van der Waals surface area (Å²) >= 11 is 0. The standard InChI is InChI=1S/C18H27F2N3O/c1-23(18(24)8-9-21)15-5-2-12(3-6-15)17(22)11-13-10-14(19)4-7-16(13)20/h4,7,10,12,15,17H,2-3,5-6,8-9,11,21-22H2,1H3/t12?,15?,17-/m1/s1. The molecule has 0 unspecified atom stereocenters. The molecule has 1 aromatic rings. The van der Waals surface area contributed by atoms with Gasteiger partial charge in [0, 0.05) is 32.1 Å². The zero-order valence-corrected chi connectivity index (χ0v) is 14.2. The molecule has 1 fully saturated rings. The minimum absolute atomic E-state index is 0.0760. The number of benzene rings is 1. The fourth-order valence-electron chi connectivity index (χ4n) is 3.54. The molecular weight excluding hydrogens is 312 g/mol. The third-order valence-corrected chi connectivity index (χ3v) is 5.11. The quantitative estimate of drug-likeness (QED) is 0.834. The Balaban J connectivity index is 1.87. The Kier molecular flexibility index (Phi) is 6.69. The first-order valence-corrected chi connectivity index (χ1v) is 8.57. The summed E-state index contributed by atoms with van der Waals surface area (Å²) in [7, 11) is 1.82. The normalized spacial score (nSPS) is 22.2. The van der Waals surface area contributed by atoms with E-state index in [-0.39, 0.29) is 23.9 Å². The summed E-state index contributed by atoms with van der Waals surface area (Å²) < 4.78 is 27.0. The largest absolute Gasteiger partial charge is 0.343 e. The summed E-state index contributed by atoms with van der Waals surface area (Å²) in [5.74, 6) is -0.510. The van der Waals surface area contributed by atoms with E-state index in [4.69, 9.17) is 11.5 Å². The van der Waals surface area contributed by atoms with Crippen LogP contribution in [0.1, 0.15) is 37.7 Å². The lowest BCUT2D eigenvalue weighted by Gasteiger charge is -2.36. The number of carbonyl (C=O) groups is 1. The van der Waals surface area contributed by atoms with Crippen molar-refractivity contribution in [3.05, 3.63) is 35.4 Å². The number of hydrogen-bond donors (Lipinski definition) is 2. The molecule has 4 nitrogen and oxygen atoms in total. The SMILES string of the molecule is CN(C(=O)CCN)C1CCC([C@H](N)Cc2cc(F)ccc2F)CC1. The lowest BCUT2D eigenvalue weighted by atomic mass is 9.79. The molecule has 1 saturated carbocycles. The number of carbonyl (C=O) groups excluding carboxylic acids is 1. The molecule has 134 valence electrons. The van der Waals surface area contributed by atoms with Crippen LogP contribution < -0.4 is 11.5 Å². The zero-order chi connectivity index (χ0) is 17.7. The minimum atomic E-state index is -0.442. The smallest absolute Gasteiger partial charge is 0.223 e. The Hall–Kier alpha value is -1.53. The highest BCUT2D eigenvalue weighted by Crippen LogP contribution is 2.30. The van der Waals surface area contributed by atoms with Crippen LogP contribution in [-0.2, 0) is 11.2 Å². The maximum atomic E-state index is 13.7. The maximum absolute atomic E-state index is 13.7. The second kappa shape index (κ2) is 8.53. The van der Waals surface area contributed by atoms with Gasteiger partial charge in [-0.3, -0.25) is 4.79 Å². The summed E-state index contributed by atoms with van der Waals surface area (Å²) in [5, 5.41) is 0. The summed E-state index contributed by atoms with van der Waals surface area (Å²) in [6, 6.07) is 3.50. The molecule has 1 aliphatic carbocycles. The lowest BCUT2D eigenvalue weighted by Crippen LogP contribution is -2.43. The predicted octanol–water partition coefficient (Wildman–Crippen LogP) is 2.20. The van der Waals surface area contributed by atoms with E-state index in [1.165, 1.54) is 6.07 Å². The van der Waals surface area contributed by atoms with Crippen molar-refractivity contribution in [3.8, 4) is 0 Å². The average molecular weight is 339 g/mol. The number of halogens is 2. The van der Waals surface area contributed by atoms with Crippen LogP contribution in [0.2, 0.25) is 0 Å². The van der Waals surface area contributed by atoms with E-state index >= 15 is 0 Å². The molecule has 1 atom stereocenters. The van der Waals surface area contributed by atoms with Crippen LogP contribution in [0, 0.1) is 17.6 Å². The molecule has 0 spiro atoms. The van der Waals surface area contributed by atoms with Crippen LogP contribution in [0.5, 0.6) is 0 Å². The van der Waals surface area contributed by atoms with Gasteiger partial charge in [0.15, 0.2) is 0 Å². The summed E-state index contributed by atoms with van der Waals surface area (Å²) in [4.78, 5) is 13.7. The predicted molar refractivity (Wildman–Crippen MR) is 90.2 cm³/mol. The van der Waals surface area contributed by atoms with Gasteiger partial charge in [0.2, 0.25) is 5.91 Å². The van der Waals surface area contributed by atoms with Gasteiger partial charge in [0.1, 0.15) is 11.6 Å². The second-order valence-corrected chi connectivity index (χ2v) is 6.72. The van der Waals surface area contributed by atoms with Crippen LogP contribution in [0.4, 0.5) is 8.78 Å². The molecule has 24 heavy (non-hydrogen) atoms. The van der Waals surface area contributed by atoms with Gasteiger partial charge in [-0.25, -0.2) is 8.78 Å². The Morgan fingerprint density at radius 3 is 2.58 bits per heavy atom. The Morgan fingerprint density at radius 1 is 1.29 bits per heavy atom. The van der Waals surface area contributed by atoms with E-state index in [0.29, 0.717) is 24.9 Å². The Bertz CT molecular complexity index is 559. The van der Waals surface area contributed by atoms with Crippen LogP contribution in [0.15, 0.2) is 18.2 Å². The number of nitrogens with two attached hydrogens (primary N) is 2. The van der Waals surface area contributed by atoms with E-state index in [0.717, 1.165) is 37.8 Å². The van der Waals surface area contributed by atoms with Crippen molar-refractivity contribution in [1.82, 2.24) is 4.90 Å². The first kappa shape index (κ1) is 18.8. The monoisotopic (exact) mass is 339 g/mol. The molecule has 0 radical (unpaired) electrons. The van der Waals surface area contributed by atoms with Gasteiger partial charge in [-0.15, -0.1) is 0 Å². The van der Waals surface area contributed by atoms with E-state index < -0.39 is 11.6 Å². The van der Waals surface area contributed by atoms with E-state index in [9.17, 15) is 13.6 Å². The lowest BCUT2D eigenvalue weighted by molar-refractivity contribution is -0.132. The molecule has 4 N–H and O–H groups in total. The summed E-state index contributed by atoms with van der Waals surface area (Å²) in [5.41, 5.74) is 12.0. The van der Waals surface area contributed by atoms with Crippen LogP contribution >= 0.6 is 0 Å². The first-order valence-electron chi connectivity index (χ1n) is 8.57. The van der Waals surface area contributed by atoms with Crippen molar-refractivity contribution >= 4 is 5.91 Å². The van der Waals surface area contributed by atoms with Gasteiger partial charge in [-0.1, -0.05) is 0 Å². The number of nitrogens with zero attached hydrogens (tertiary/aromatic N) is 1. The van der Waals surface area contributed by atoms with Gasteiger partial charge < -0.3 is 16.4 Å². The van der Waals surface area contributed by atoms with Gasteiger partial charge in [-0.05, 0) is 61.8 Å². The topological polar surface area (TPSA) is 72.3 Å². The van der Waals surface area contributed by atoms with Gasteiger partial charge in [0.05, 0.1) is 0 Å². The third kappa shape index (κ3) is 4.74. The van der Waals surface area contributed by atoms with Crippen molar-refractivity contribution in [2.75, 3.05) is 13.6 Å².